The zero-order valence-corrected chi connectivity index (χ0v) is 20.8. The minimum Gasteiger partial charge on any atom is -0.543 e. The first kappa shape index (κ1) is 25.2. The van der Waals surface area contributed by atoms with Gasteiger partial charge in [0, 0.05) is 24.2 Å². The summed E-state index contributed by atoms with van der Waals surface area (Å²) >= 11 is 0. The summed E-state index contributed by atoms with van der Waals surface area (Å²) in [6, 6.07) is 5.07. The number of aliphatic carboxylic acids is 1. The van der Waals surface area contributed by atoms with E-state index in [2.05, 4.69) is 16.0 Å². The average molecular weight is 464 g/mol. The van der Waals surface area contributed by atoms with Crippen molar-refractivity contribution < 1.29 is 58.9 Å². The van der Waals surface area contributed by atoms with Crippen molar-refractivity contribution >= 4 is 35.2 Å². The summed E-state index contributed by atoms with van der Waals surface area (Å²) in [6.45, 7) is 2.93. The van der Waals surface area contributed by atoms with Crippen LogP contribution >= 0.6 is 0 Å². The number of anilines is 2. The molecule has 0 aromatic heterocycles. The first-order valence-electron chi connectivity index (χ1n) is 10.6. The van der Waals surface area contributed by atoms with Crippen molar-refractivity contribution in [1.29, 1.82) is 0 Å². The molecule has 4 N–H and O–H groups in total. The number of benzene rings is 1. The van der Waals surface area contributed by atoms with Crippen LogP contribution in [0.4, 0.5) is 16.2 Å². The molecule has 4 amide bonds. The van der Waals surface area contributed by atoms with Gasteiger partial charge >= 0.3 is 35.6 Å². The molecule has 0 bridgehead atoms. The van der Waals surface area contributed by atoms with E-state index in [0.717, 1.165) is 6.42 Å². The number of carbonyl (C=O) groups is 4. The van der Waals surface area contributed by atoms with Crippen molar-refractivity contribution in [3.05, 3.63) is 35.5 Å². The Hall–Kier alpha value is -2.40. The number of urea groups is 1. The van der Waals surface area contributed by atoms with E-state index in [0.29, 0.717) is 29.8 Å². The van der Waals surface area contributed by atoms with E-state index in [1.807, 2.05) is 0 Å². The molecule has 2 heterocycles. The number of nitrogens with one attached hydrogen (secondary N) is 3. The van der Waals surface area contributed by atoms with Gasteiger partial charge in [0.1, 0.15) is 0 Å². The number of nitrogens with zero attached hydrogens (tertiary/aromatic N) is 1. The molecule has 2 aliphatic heterocycles. The van der Waals surface area contributed by atoms with Gasteiger partial charge < -0.3 is 35.9 Å². The fourth-order valence-electron chi connectivity index (χ4n) is 5.19. The number of aliphatic hydroxyl groups excluding tert-OH is 1. The second-order valence-corrected chi connectivity index (χ2v) is 8.50. The van der Waals surface area contributed by atoms with Gasteiger partial charge in [-0.05, 0) is 49.6 Å². The summed E-state index contributed by atoms with van der Waals surface area (Å²) in [5.41, 5.74) is 1.41. The van der Waals surface area contributed by atoms with Crippen molar-refractivity contribution in [3.8, 4) is 0 Å². The van der Waals surface area contributed by atoms with E-state index in [1.54, 1.807) is 24.3 Å². The average Bonchev–Trinajstić information content (AvgIpc) is 3.00. The van der Waals surface area contributed by atoms with E-state index in [1.165, 1.54) is 18.7 Å². The van der Waals surface area contributed by atoms with Crippen molar-refractivity contribution in [2.45, 2.75) is 51.3 Å². The number of fused-ring (bicyclic) bond motifs is 3. The number of rotatable bonds is 5. The topological polar surface area (TPSA) is 151 Å². The summed E-state index contributed by atoms with van der Waals surface area (Å²) in [5, 5.41) is 30.1. The van der Waals surface area contributed by atoms with Gasteiger partial charge in [-0.2, -0.15) is 0 Å². The van der Waals surface area contributed by atoms with Gasteiger partial charge in [0.2, 0.25) is 11.8 Å². The Morgan fingerprint density at radius 1 is 1.12 bits per heavy atom. The molecule has 1 aromatic carbocycles. The van der Waals surface area contributed by atoms with Gasteiger partial charge in [-0.25, -0.2) is 4.79 Å². The van der Waals surface area contributed by atoms with Crippen LogP contribution in [0.25, 0.3) is 0 Å². The van der Waals surface area contributed by atoms with Gasteiger partial charge in [0.05, 0.1) is 35.8 Å². The number of β-lactam (4-membered cyclic amide) rings is 1. The molecule has 1 aliphatic carbocycles. The van der Waals surface area contributed by atoms with Crippen molar-refractivity contribution in [1.82, 2.24) is 10.2 Å². The smallest absolute Gasteiger partial charge is 0.543 e. The second kappa shape index (κ2) is 9.84. The fraction of sp³-hybridized carbons (Fsp3) is 0.455. The maximum Gasteiger partial charge on any atom is 1.00 e. The molecule has 3 aliphatic rings. The van der Waals surface area contributed by atoms with E-state index < -0.39 is 42.0 Å². The van der Waals surface area contributed by atoms with Gasteiger partial charge in [0.25, 0.3) is 0 Å². The van der Waals surface area contributed by atoms with Crippen LogP contribution in [0, 0.1) is 11.8 Å². The Labute approximate surface area is 213 Å². The van der Waals surface area contributed by atoms with Crippen LogP contribution in [0.5, 0.6) is 0 Å². The molecule has 10 nitrogen and oxygen atoms in total. The standard InChI is InChI=1S/C22H26N4O6.Na/c1-10(27)16-18-14-4-3-5-15(17(14)19(21(30)31)26(18)20(16)29)25-22(32)24-13-8-6-12(7-9-13)23-11(2)28;/h6-10,14-16,18,27H,3-5H2,1-2H3,(H,23,28)(H,30,31)(H2,24,25,32);/q;+1/p-1/t10?,14-,15-,16+,18+;/m0./s1. The first-order chi connectivity index (χ1) is 15.2. The van der Waals surface area contributed by atoms with Crippen LogP contribution < -0.4 is 50.6 Å². The van der Waals surface area contributed by atoms with Gasteiger partial charge in [-0.1, -0.05) is 6.42 Å². The molecule has 2 fully saturated rings. The molecule has 1 saturated carbocycles. The third kappa shape index (κ3) is 4.65. The SMILES string of the molecule is CC(=O)Nc1ccc(NC(=O)N[C@H]2CCC[C@H]3C2=C(C(=O)[O-])N2C(=O)[C@H](C(C)O)[C@@H]32)cc1.[Na+]. The molecule has 1 saturated heterocycles. The Bertz CT molecular complexity index is 1010. The van der Waals surface area contributed by atoms with Crippen molar-refractivity contribution in [2.24, 2.45) is 11.8 Å². The van der Waals surface area contributed by atoms with E-state index in [9.17, 15) is 29.4 Å². The van der Waals surface area contributed by atoms with Crippen LogP contribution in [0.1, 0.15) is 33.1 Å². The number of carboxylic acids is 1. The monoisotopic (exact) mass is 464 g/mol. The Morgan fingerprint density at radius 3 is 2.27 bits per heavy atom. The minimum absolute atomic E-state index is 0. The maximum atomic E-state index is 12.6. The van der Waals surface area contributed by atoms with Crippen LogP contribution in [-0.2, 0) is 14.4 Å². The predicted molar refractivity (Wildman–Crippen MR) is 112 cm³/mol. The molecular weight excluding hydrogens is 439 g/mol. The van der Waals surface area contributed by atoms with E-state index in [4.69, 9.17) is 0 Å². The zero-order valence-electron chi connectivity index (χ0n) is 18.8. The Morgan fingerprint density at radius 2 is 1.73 bits per heavy atom. The Kier molecular flexibility index (Phi) is 7.52. The summed E-state index contributed by atoms with van der Waals surface area (Å²) in [6.07, 6.45) is 1.07. The van der Waals surface area contributed by atoms with Crippen LogP contribution in [0.15, 0.2) is 35.5 Å². The van der Waals surface area contributed by atoms with E-state index >= 15 is 0 Å². The molecule has 0 spiro atoms. The maximum absolute atomic E-state index is 12.6. The molecule has 1 aromatic rings. The number of hydrogen-bond donors (Lipinski definition) is 4. The first-order valence-corrected chi connectivity index (χ1v) is 10.6. The second-order valence-electron chi connectivity index (χ2n) is 8.50. The molecule has 11 heteroatoms. The third-order valence-corrected chi connectivity index (χ3v) is 6.38. The largest absolute Gasteiger partial charge is 1.00 e. The predicted octanol–water partition coefficient (Wildman–Crippen LogP) is -2.84. The molecule has 170 valence electrons. The molecule has 1 unspecified atom stereocenters. The number of amides is 4. The fourth-order valence-corrected chi connectivity index (χ4v) is 5.19. The molecule has 33 heavy (non-hydrogen) atoms. The third-order valence-electron chi connectivity index (χ3n) is 6.38. The quantitative estimate of drug-likeness (QED) is 0.272. The van der Waals surface area contributed by atoms with Gasteiger partial charge in [-0.3, -0.25) is 9.59 Å². The van der Waals surface area contributed by atoms with E-state index in [-0.39, 0.29) is 47.1 Å². The normalized spacial score (nSPS) is 26.3. The zero-order chi connectivity index (χ0) is 23.2. The minimum atomic E-state index is -1.45. The summed E-state index contributed by atoms with van der Waals surface area (Å²) in [7, 11) is 0. The summed E-state index contributed by atoms with van der Waals surface area (Å²) in [4.78, 5) is 49.4. The molecular formula is C22H25N4NaO6. The van der Waals surface area contributed by atoms with Crippen LogP contribution in [0.2, 0.25) is 0 Å². The molecule has 5 atom stereocenters. The van der Waals surface area contributed by atoms with Crippen LogP contribution in [0.3, 0.4) is 0 Å². The van der Waals surface area contributed by atoms with Gasteiger partial charge in [0.15, 0.2) is 0 Å². The van der Waals surface area contributed by atoms with Crippen LogP contribution in [-0.4, -0.2) is 52.0 Å². The van der Waals surface area contributed by atoms with Crippen molar-refractivity contribution in [3.63, 3.8) is 0 Å². The Balaban J connectivity index is 0.00000306. The summed E-state index contributed by atoms with van der Waals surface area (Å²) in [5.74, 6) is -2.97. The number of hydrogen-bond acceptors (Lipinski definition) is 6. The molecule has 4 rings (SSSR count). The van der Waals surface area contributed by atoms with Crippen molar-refractivity contribution in [2.75, 3.05) is 10.6 Å². The number of aliphatic hydroxyl groups is 1. The number of carbonyl (C=O) groups excluding carboxylic acids is 4. The molecule has 0 radical (unpaired) electrons. The number of carboxylic acid groups (broad SMARTS) is 1. The van der Waals surface area contributed by atoms with Gasteiger partial charge in [-0.15, -0.1) is 0 Å². The summed E-state index contributed by atoms with van der Waals surface area (Å²) < 4.78 is 0.